The molecule has 0 radical (unpaired) electrons. The molecule has 0 amide bonds. The maximum absolute atomic E-state index is 5.26. The minimum atomic E-state index is 0.861. The number of hydrogen-bond donors (Lipinski definition) is 0. The maximum Gasteiger partial charge on any atom is 0.0973 e. The molecule has 0 bridgehead atoms. The van der Waals surface area contributed by atoms with E-state index in [1.807, 2.05) is 30.3 Å². The highest BCUT2D eigenvalue weighted by Crippen LogP contribution is 2.42. The Morgan fingerprint density at radius 3 is 1.30 bits per heavy atom. The molecule has 11 aromatic rings. The maximum atomic E-state index is 5.26. The molecule has 4 heteroatoms. The van der Waals surface area contributed by atoms with E-state index in [1.54, 1.807) is 0 Å². The second-order valence-electron chi connectivity index (χ2n) is 13.8. The van der Waals surface area contributed by atoms with Crippen molar-refractivity contribution in [2.45, 2.75) is 0 Å². The van der Waals surface area contributed by atoms with Gasteiger partial charge in [0.05, 0.1) is 44.5 Å². The van der Waals surface area contributed by atoms with Crippen LogP contribution in [0.4, 0.5) is 0 Å². The normalized spacial score (nSPS) is 11.7. The third kappa shape index (κ3) is 4.70. The van der Waals surface area contributed by atoms with Crippen molar-refractivity contribution in [3.63, 3.8) is 0 Å². The molecule has 0 unspecified atom stereocenters. The van der Waals surface area contributed by atoms with Crippen molar-refractivity contribution in [3.05, 3.63) is 194 Å². The lowest BCUT2D eigenvalue weighted by atomic mass is 10.0. The van der Waals surface area contributed by atoms with E-state index in [-0.39, 0.29) is 0 Å². The predicted octanol–water partition coefficient (Wildman–Crippen LogP) is 12.8. The van der Waals surface area contributed by atoms with Crippen LogP contribution in [-0.4, -0.2) is 19.1 Å². The fourth-order valence-electron chi connectivity index (χ4n) is 8.28. The highest BCUT2D eigenvalue weighted by Gasteiger charge is 2.22. The van der Waals surface area contributed by atoms with Crippen LogP contribution < -0.4 is 0 Å². The largest absolute Gasteiger partial charge is 0.307 e. The van der Waals surface area contributed by atoms with Crippen LogP contribution in [-0.2, 0) is 0 Å². The van der Waals surface area contributed by atoms with E-state index < -0.39 is 0 Å². The van der Waals surface area contributed by atoms with Crippen LogP contribution in [0.3, 0.4) is 0 Å². The fraction of sp³-hybridized carbons (Fsp3) is 0. The van der Waals surface area contributed by atoms with Gasteiger partial charge in [0.2, 0.25) is 0 Å². The molecule has 54 heavy (non-hydrogen) atoms. The molecular formula is C50H32N4. The highest BCUT2D eigenvalue weighted by molar-refractivity contribution is 6.23. The molecule has 8 aromatic carbocycles. The number of nitrogens with zero attached hydrogens (tertiary/aromatic N) is 4. The highest BCUT2D eigenvalue weighted by atomic mass is 15.0. The number of hydrogen-bond acceptors (Lipinski definition) is 2. The van der Waals surface area contributed by atoms with Crippen LogP contribution >= 0.6 is 0 Å². The molecule has 0 aliphatic rings. The Balaban J connectivity index is 1.22. The van der Waals surface area contributed by atoms with Gasteiger partial charge in [-0.05, 0) is 59.7 Å². The Labute approximate surface area is 311 Å². The summed E-state index contributed by atoms with van der Waals surface area (Å²) in [6.45, 7) is 0. The fourth-order valence-corrected chi connectivity index (χ4v) is 8.28. The Bertz CT molecular complexity index is 3210. The van der Waals surface area contributed by atoms with Crippen LogP contribution in [0.25, 0.3) is 99.7 Å². The quantitative estimate of drug-likeness (QED) is 0.180. The van der Waals surface area contributed by atoms with E-state index >= 15 is 0 Å². The van der Waals surface area contributed by atoms with E-state index in [0.29, 0.717) is 0 Å². The molecule has 0 aliphatic heterocycles. The van der Waals surface area contributed by atoms with E-state index in [9.17, 15) is 0 Å². The molecule has 4 nitrogen and oxygen atoms in total. The zero-order chi connectivity index (χ0) is 35.6. The van der Waals surface area contributed by atoms with Crippen LogP contribution in [0.5, 0.6) is 0 Å². The Kier molecular flexibility index (Phi) is 6.82. The number of para-hydroxylation sites is 4. The molecule has 0 saturated heterocycles. The molecular weight excluding hydrogens is 657 g/mol. The topological polar surface area (TPSA) is 35.6 Å². The lowest BCUT2D eigenvalue weighted by Crippen LogP contribution is -2.00. The molecule has 0 saturated carbocycles. The zero-order valence-corrected chi connectivity index (χ0v) is 29.3. The predicted molar refractivity (Wildman–Crippen MR) is 225 cm³/mol. The van der Waals surface area contributed by atoms with Crippen molar-refractivity contribution >= 4 is 54.6 Å². The van der Waals surface area contributed by atoms with Crippen LogP contribution in [0.15, 0.2) is 194 Å². The second kappa shape index (κ2) is 12.1. The van der Waals surface area contributed by atoms with Crippen LogP contribution in [0.1, 0.15) is 0 Å². The Morgan fingerprint density at radius 1 is 0.296 bits per heavy atom. The number of aromatic nitrogens is 4. The summed E-state index contributed by atoms with van der Waals surface area (Å²) in [7, 11) is 0. The lowest BCUT2D eigenvalue weighted by Gasteiger charge is -2.15. The van der Waals surface area contributed by atoms with Crippen LogP contribution in [0, 0.1) is 0 Å². The van der Waals surface area contributed by atoms with Crippen molar-refractivity contribution in [2.75, 3.05) is 0 Å². The van der Waals surface area contributed by atoms with E-state index in [1.165, 1.54) is 49.2 Å². The van der Waals surface area contributed by atoms with Gasteiger partial charge >= 0.3 is 0 Å². The summed E-state index contributed by atoms with van der Waals surface area (Å²) < 4.78 is 4.91. The number of fused-ring (bicyclic) bond motifs is 8. The summed E-state index contributed by atoms with van der Waals surface area (Å²) in [6.07, 6.45) is 0. The molecule has 0 spiro atoms. The molecule has 11 rings (SSSR count). The summed E-state index contributed by atoms with van der Waals surface area (Å²) in [5, 5.41) is 4.87. The third-order valence-electron chi connectivity index (χ3n) is 10.7. The zero-order valence-electron chi connectivity index (χ0n) is 29.3. The van der Waals surface area contributed by atoms with Gasteiger partial charge in [-0.25, -0.2) is 9.97 Å². The van der Waals surface area contributed by atoms with Gasteiger partial charge in [-0.1, -0.05) is 146 Å². The van der Waals surface area contributed by atoms with Gasteiger partial charge in [-0.15, -0.1) is 0 Å². The molecule has 252 valence electrons. The van der Waals surface area contributed by atoms with Gasteiger partial charge < -0.3 is 9.13 Å². The summed E-state index contributed by atoms with van der Waals surface area (Å²) >= 11 is 0. The molecule has 3 heterocycles. The summed E-state index contributed by atoms with van der Waals surface area (Å²) in [5.41, 5.74) is 14.8. The van der Waals surface area contributed by atoms with Crippen molar-refractivity contribution < 1.29 is 0 Å². The first kappa shape index (κ1) is 30.3. The third-order valence-corrected chi connectivity index (χ3v) is 10.7. The summed E-state index contributed by atoms with van der Waals surface area (Å²) in [6, 6.07) is 69.0. The van der Waals surface area contributed by atoms with Crippen LogP contribution in [0.2, 0.25) is 0 Å². The monoisotopic (exact) mass is 688 g/mol. The first-order valence-corrected chi connectivity index (χ1v) is 18.3. The van der Waals surface area contributed by atoms with E-state index in [0.717, 1.165) is 50.4 Å². The van der Waals surface area contributed by atoms with E-state index in [2.05, 4.69) is 173 Å². The Morgan fingerprint density at radius 2 is 0.722 bits per heavy atom. The van der Waals surface area contributed by atoms with Crippen molar-refractivity contribution in [1.82, 2.24) is 19.1 Å². The first-order valence-electron chi connectivity index (χ1n) is 18.3. The van der Waals surface area contributed by atoms with Gasteiger partial charge in [0.15, 0.2) is 0 Å². The number of rotatable bonds is 5. The van der Waals surface area contributed by atoms with Gasteiger partial charge in [-0.3, -0.25) is 0 Å². The average molecular weight is 689 g/mol. The molecule has 0 N–H and O–H groups in total. The summed E-state index contributed by atoms with van der Waals surface area (Å²) in [5.74, 6) is 0. The van der Waals surface area contributed by atoms with Crippen molar-refractivity contribution in [1.29, 1.82) is 0 Å². The van der Waals surface area contributed by atoms with Gasteiger partial charge in [-0.2, -0.15) is 0 Å². The number of benzene rings is 8. The van der Waals surface area contributed by atoms with Gasteiger partial charge in [0, 0.05) is 44.0 Å². The van der Waals surface area contributed by atoms with Crippen molar-refractivity contribution in [3.8, 4) is 45.0 Å². The van der Waals surface area contributed by atoms with Gasteiger partial charge in [0.1, 0.15) is 0 Å². The van der Waals surface area contributed by atoms with Gasteiger partial charge in [0.25, 0.3) is 0 Å². The first-order chi connectivity index (χ1) is 26.8. The molecule has 0 atom stereocenters. The minimum Gasteiger partial charge on any atom is -0.307 e. The van der Waals surface area contributed by atoms with Crippen molar-refractivity contribution in [2.24, 2.45) is 0 Å². The van der Waals surface area contributed by atoms with E-state index in [4.69, 9.17) is 9.97 Å². The lowest BCUT2D eigenvalue weighted by molar-refractivity contribution is 1.15. The standard InChI is InChI=1S/C50H32N4/c1-3-15-33(16-4-1)35-19-13-21-37(31-35)53-45-27-11-7-23-39(45)41-29-30-42-40-24-8-12-28-46(40)54(50(42)49(41)53)38-22-14-20-36(32-38)48-47(34-17-5-2-6-18-34)51-43-25-9-10-26-44(43)52-48/h1-32H. The minimum absolute atomic E-state index is 0.861. The average Bonchev–Trinajstić information content (AvgIpc) is 3.77. The summed E-state index contributed by atoms with van der Waals surface area (Å²) in [4.78, 5) is 10.4. The molecule has 0 aliphatic carbocycles. The Hall–Kier alpha value is -7.30. The SMILES string of the molecule is c1ccc(-c2cccc(-n3c4ccccc4c4ccc5c6ccccc6n(-c6cccc(-c7nc8ccccc8nc7-c7ccccc7)c6)c5c43)c2)cc1. The molecule has 3 aromatic heterocycles. The smallest absolute Gasteiger partial charge is 0.0973 e. The second-order valence-corrected chi connectivity index (χ2v) is 13.8. The molecule has 0 fully saturated rings.